The maximum Gasteiger partial charge on any atom is 0.256 e. The first-order valence-corrected chi connectivity index (χ1v) is 14.2. The molecule has 0 fully saturated rings. The van der Waals surface area contributed by atoms with E-state index in [-0.39, 0.29) is 11.1 Å². The molecular formula is C27H53N5O2S. The summed E-state index contributed by atoms with van der Waals surface area (Å²) < 4.78 is 0. The summed E-state index contributed by atoms with van der Waals surface area (Å²) in [6.45, 7) is 27.0. The summed E-state index contributed by atoms with van der Waals surface area (Å²) in [5.74, 6) is 1.96. The van der Waals surface area contributed by atoms with Crippen molar-refractivity contribution in [3.63, 3.8) is 0 Å². The Bertz CT molecular complexity index is 709. The third-order valence-corrected chi connectivity index (χ3v) is 5.57. The van der Waals surface area contributed by atoms with Gasteiger partial charge in [-0.2, -0.15) is 15.0 Å². The first-order valence-electron chi connectivity index (χ1n) is 13.2. The second kappa shape index (κ2) is 12.9. The zero-order valence-electron chi connectivity index (χ0n) is 24.9. The number of unbranched alkanes of at least 4 members (excludes halogenated alkanes) is 5. The van der Waals surface area contributed by atoms with Crippen molar-refractivity contribution < 1.29 is 9.68 Å². The number of hydroxylamine groups is 2. The van der Waals surface area contributed by atoms with Crippen LogP contribution in [0.2, 0.25) is 0 Å². The first kappa shape index (κ1) is 31.9. The van der Waals surface area contributed by atoms with Crippen molar-refractivity contribution in [2.75, 3.05) is 15.9 Å². The fourth-order valence-electron chi connectivity index (χ4n) is 3.13. The van der Waals surface area contributed by atoms with E-state index in [4.69, 9.17) is 24.6 Å². The van der Waals surface area contributed by atoms with Crippen LogP contribution in [0.25, 0.3) is 0 Å². The van der Waals surface area contributed by atoms with Crippen molar-refractivity contribution in [3.05, 3.63) is 0 Å². The molecule has 1 rings (SSSR count). The smallest absolute Gasteiger partial charge is 0.256 e. The van der Waals surface area contributed by atoms with E-state index in [1.54, 1.807) is 11.8 Å². The molecule has 204 valence electrons. The highest BCUT2D eigenvalue weighted by Gasteiger charge is 2.34. The van der Waals surface area contributed by atoms with Crippen LogP contribution in [-0.4, -0.2) is 43.0 Å². The molecule has 0 N–H and O–H groups in total. The molecule has 0 saturated carbocycles. The normalized spacial score (nSPS) is 13.3. The highest BCUT2D eigenvalue weighted by Crippen LogP contribution is 2.32. The Kier molecular flexibility index (Phi) is 11.8. The second-order valence-electron chi connectivity index (χ2n) is 13.2. The van der Waals surface area contributed by atoms with Crippen LogP contribution in [0.5, 0.6) is 0 Å². The van der Waals surface area contributed by atoms with Gasteiger partial charge in [-0.05, 0) is 89.5 Å². The molecule has 1 aromatic heterocycles. The summed E-state index contributed by atoms with van der Waals surface area (Å²) in [5, 5.41) is 4.31. The Labute approximate surface area is 220 Å². The lowest BCUT2D eigenvalue weighted by Gasteiger charge is -2.41. The number of nitrogens with zero attached hydrogens (tertiary/aromatic N) is 5. The van der Waals surface area contributed by atoms with E-state index in [1.807, 2.05) is 51.7 Å². The molecule has 0 spiro atoms. The van der Waals surface area contributed by atoms with Gasteiger partial charge in [0.15, 0.2) is 5.16 Å². The predicted octanol–water partition coefficient (Wildman–Crippen LogP) is 7.99. The van der Waals surface area contributed by atoms with Crippen LogP contribution in [0.3, 0.4) is 0 Å². The van der Waals surface area contributed by atoms with E-state index in [9.17, 15) is 0 Å². The topological polar surface area (TPSA) is 63.6 Å². The van der Waals surface area contributed by atoms with Gasteiger partial charge in [0.05, 0.1) is 22.3 Å². The van der Waals surface area contributed by atoms with Crippen LogP contribution in [0.1, 0.15) is 129 Å². The number of hydrogen-bond acceptors (Lipinski definition) is 8. The van der Waals surface area contributed by atoms with Gasteiger partial charge in [0.25, 0.3) is 11.9 Å². The van der Waals surface area contributed by atoms with Crippen molar-refractivity contribution in [1.82, 2.24) is 15.0 Å². The fraction of sp³-hybridized carbons (Fsp3) is 0.889. The zero-order valence-corrected chi connectivity index (χ0v) is 25.7. The minimum absolute atomic E-state index is 0.357. The molecule has 0 aliphatic carbocycles. The van der Waals surface area contributed by atoms with E-state index in [2.05, 4.69) is 48.5 Å². The molecule has 0 amide bonds. The van der Waals surface area contributed by atoms with Gasteiger partial charge in [0.1, 0.15) is 0 Å². The first-order chi connectivity index (χ1) is 15.8. The van der Waals surface area contributed by atoms with E-state index >= 15 is 0 Å². The van der Waals surface area contributed by atoms with Gasteiger partial charge in [0.2, 0.25) is 0 Å². The highest BCUT2D eigenvalue weighted by atomic mass is 32.2. The number of rotatable bonds is 12. The third kappa shape index (κ3) is 12.6. The lowest BCUT2D eigenvalue weighted by atomic mass is 10.1. The number of thioether (sulfide) groups is 1. The molecule has 0 radical (unpaired) electrons. The van der Waals surface area contributed by atoms with Crippen LogP contribution >= 0.6 is 11.8 Å². The van der Waals surface area contributed by atoms with E-state index in [0.717, 1.165) is 12.2 Å². The van der Waals surface area contributed by atoms with Gasteiger partial charge in [-0.15, -0.1) is 0 Å². The summed E-state index contributed by atoms with van der Waals surface area (Å²) in [6, 6.07) is 0. The average Bonchev–Trinajstić information content (AvgIpc) is 2.66. The van der Waals surface area contributed by atoms with Gasteiger partial charge in [-0.25, -0.2) is 10.1 Å². The highest BCUT2D eigenvalue weighted by molar-refractivity contribution is 7.99. The molecule has 35 heavy (non-hydrogen) atoms. The second-order valence-corrected chi connectivity index (χ2v) is 14.2. The quantitative estimate of drug-likeness (QED) is 0.159. The standard InChI is InChI=1S/C27H53N5O2S/c1-14-15-16-17-18-19-20-35-23-29-21(31(24(2,3)4)33-26(8,9)10)28-22(30-23)32(25(5,6)7)34-27(11,12)13/h14-20H2,1-13H3. The van der Waals surface area contributed by atoms with Crippen LogP contribution in [-0.2, 0) is 9.68 Å². The summed E-state index contributed by atoms with van der Waals surface area (Å²) in [5.41, 5.74) is -1.52. The van der Waals surface area contributed by atoms with Crippen LogP contribution in [0.15, 0.2) is 5.16 Å². The summed E-state index contributed by atoms with van der Waals surface area (Å²) >= 11 is 1.68. The summed E-state index contributed by atoms with van der Waals surface area (Å²) in [6.07, 6.45) is 7.58. The monoisotopic (exact) mass is 511 g/mol. The summed E-state index contributed by atoms with van der Waals surface area (Å²) in [7, 11) is 0. The fourth-order valence-corrected chi connectivity index (χ4v) is 3.95. The number of aromatic nitrogens is 3. The van der Waals surface area contributed by atoms with Gasteiger partial charge in [0, 0.05) is 5.75 Å². The SMILES string of the molecule is CCCCCCCCSc1nc(N(OC(C)(C)C)C(C)(C)C)nc(N(OC(C)(C)C)C(C)(C)C)n1. The Morgan fingerprint density at radius 1 is 0.600 bits per heavy atom. The molecule has 0 aliphatic heterocycles. The molecule has 0 unspecified atom stereocenters. The van der Waals surface area contributed by atoms with Crippen LogP contribution < -0.4 is 10.1 Å². The minimum Gasteiger partial charge on any atom is -0.265 e. The lowest BCUT2D eigenvalue weighted by molar-refractivity contribution is -0.0518. The van der Waals surface area contributed by atoms with Gasteiger partial charge < -0.3 is 0 Å². The van der Waals surface area contributed by atoms with Crippen molar-refractivity contribution in [1.29, 1.82) is 0 Å². The molecule has 0 saturated heterocycles. The van der Waals surface area contributed by atoms with E-state index in [1.165, 1.54) is 32.1 Å². The van der Waals surface area contributed by atoms with E-state index < -0.39 is 11.2 Å². The van der Waals surface area contributed by atoms with Crippen molar-refractivity contribution in [2.45, 2.75) is 156 Å². The maximum absolute atomic E-state index is 6.36. The number of anilines is 2. The van der Waals surface area contributed by atoms with Crippen molar-refractivity contribution >= 4 is 23.7 Å². The average molecular weight is 512 g/mol. The molecule has 8 heteroatoms. The van der Waals surface area contributed by atoms with Crippen LogP contribution in [0.4, 0.5) is 11.9 Å². The lowest BCUT2D eigenvalue weighted by Crippen LogP contribution is -2.49. The third-order valence-electron chi connectivity index (χ3n) is 4.63. The predicted molar refractivity (Wildman–Crippen MR) is 150 cm³/mol. The molecule has 0 bridgehead atoms. The molecular weight excluding hydrogens is 458 g/mol. The molecule has 1 heterocycles. The molecule has 0 atom stereocenters. The molecule has 0 aromatic carbocycles. The van der Waals surface area contributed by atoms with Crippen molar-refractivity contribution in [2.24, 2.45) is 0 Å². The largest absolute Gasteiger partial charge is 0.265 e. The Morgan fingerprint density at radius 3 is 1.37 bits per heavy atom. The molecule has 0 aliphatic rings. The Balaban J connectivity index is 3.38. The zero-order chi connectivity index (χ0) is 27.1. The van der Waals surface area contributed by atoms with E-state index in [0.29, 0.717) is 17.1 Å². The van der Waals surface area contributed by atoms with Gasteiger partial charge >= 0.3 is 0 Å². The van der Waals surface area contributed by atoms with Crippen molar-refractivity contribution in [3.8, 4) is 0 Å². The van der Waals surface area contributed by atoms with Crippen LogP contribution in [0, 0.1) is 0 Å². The Morgan fingerprint density at radius 2 is 1.00 bits per heavy atom. The minimum atomic E-state index is -0.405. The van der Waals surface area contributed by atoms with Gasteiger partial charge in [-0.1, -0.05) is 50.8 Å². The number of hydrogen-bond donors (Lipinski definition) is 0. The summed E-state index contributed by atoms with van der Waals surface area (Å²) in [4.78, 5) is 27.3. The Hall–Kier alpha value is -1.12. The molecule has 7 nitrogen and oxygen atoms in total. The maximum atomic E-state index is 6.36. The van der Waals surface area contributed by atoms with Gasteiger partial charge in [-0.3, -0.25) is 9.68 Å². The molecule has 1 aromatic rings.